The van der Waals surface area contributed by atoms with Crippen LogP contribution in [0.1, 0.15) is 1.43 Å². The average molecular weight is 121 g/mol. The second-order valence-electron chi connectivity index (χ2n) is 0.972. The van der Waals surface area contributed by atoms with Crippen LogP contribution in [0.25, 0.3) is 0 Å². The van der Waals surface area contributed by atoms with Gasteiger partial charge in [-0.15, -0.1) is 0 Å². The molecule has 5 heteroatoms. The minimum Gasteiger partial charge on any atom is -1.00 e. The molecule has 0 aromatic carbocycles. The Balaban J connectivity index is 0. The van der Waals surface area contributed by atoms with Crippen LogP contribution >= 0.6 is 0 Å². The van der Waals surface area contributed by atoms with E-state index in [1.54, 1.807) is 0 Å². The summed E-state index contributed by atoms with van der Waals surface area (Å²) in [6.07, 6.45) is 2.48. The molecular formula is C3H4N3NaO. The molecule has 1 rings (SSSR count). The number of hydrogen-bond donors (Lipinski definition) is 1. The molecule has 0 amide bonds. The predicted molar refractivity (Wildman–Crippen MR) is 23.8 cm³/mol. The minimum absolute atomic E-state index is 0. The standard InChI is InChI=1S/C3H3N3O.Na.H/c7-3-5-1-4-2-6-3;;/h1-2H,(H,4,5,6,7);;/q;+1;-1. The monoisotopic (exact) mass is 121 g/mol. The van der Waals surface area contributed by atoms with E-state index in [-0.39, 0.29) is 36.7 Å². The topological polar surface area (TPSA) is 58.6 Å². The molecule has 4 nitrogen and oxygen atoms in total. The number of nitrogens with one attached hydrogen (secondary N) is 1. The molecule has 0 saturated heterocycles. The van der Waals surface area contributed by atoms with Crippen molar-refractivity contribution in [1.29, 1.82) is 0 Å². The normalized spacial score (nSPS) is 7.50. The number of nitrogens with zero attached hydrogens (tertiary/aromatic N) is 2. The summed E-state index contributed by atoms with van der Waals surface area (Å²) in [5.41, 5.74) is -0.366. The summed E-state index contributed by atoms with van der Waals surface area (Å²) in [5, 5.41) is 0. The van der Waals surface area contributed by atoms with Crippen LogP contribution in [-0.4, -0.2) is 15.0 Å². The van der Waals surface area contributed by atoms with Gasteiger partial charge in [0.2, 0.25) is 0 Å². The number of hydrogen-bond acceptors (Lipinski definition) is 3. The molecular weight excluding hydrogens is 117 g/mol. The van der Waals surface area contributed by atoms with E-state index in [4.69, 9.17) is 0 Å². The van der Waals surface area contributed by atoms with E-state index >= 15 is 0 Å². The van der Waals surface area contributed by atoms with Crippen molar-refractivity contribution in [1.82, 2.24) is 15.0 Å². The van der Waals surface area contributed by atoms with Gasteiger partial charge >= 0.3 is 35.2 Å². The summed E-state index contributed by atoms with van der Waals surface area (Å²) >= 11 is 0. The van der Waals surface area contributed by atoms with Gasteiger partial charge in [-0.25, -0.2) is 9.78 Å². The third-order valence-corrected chi connectivity index (χ3v) is 0.504. The maximum Gasteiger partial charge on any atom is 1.00 e. The Morgan fingerprint density at radius 1 is 1.75 bits per heavy atom. The van der Waals surface area contributed by atoms with Crippen LogP contribution in [-0.2, 0) is 0 Å². The first-order valence-corrected chi connectivity index (χ1v) is 1.74. The summed E-state index contributed by atoms with van der Waals surface area (Å²) < 4.78 is 0. The van der Waals surface area contributed by atoms with Crippen LogP contribution < -0.4 is 35.2 Å². The van der Waals surface area contributed by atoms with Crippen LogP contribution in [0.5, 0.6) is 0 Å². The zero-order valence-electron chi connectivity index (χ0n) is 5.46. The Morgan fingerprint density at radius 3 is 2.75 bits per heavy atom. The van der Waals surface area contributed by atoms with E-state index in [1.807, 2.05) is 0 Å². The van der Waals surface area contributed by atoms with E-state index < -0.39 is 0 Å². The van der Waals surface area contributed by atoms with Gasteiger partial charge in [0, 0.05) is 0 Å². The molecule has 1 heterocycles. The average Bonchev–Trinajstić information content (AvgIpc) is 1.69. The second-order valence-corrected chi connectivity index (χ2v) is 0.972. The van der Waals surface area contributed by atoms with Crippen LogP contribution in [0.3, 0.4) is 0 Å². The smallest absolute Gasteiger partial charge is 1.00 e. The Morgan fingerprint density at radius 2 is 2.50 bits per heavy atom. The van der Waals surface area contributed by atoms with Crippen molar-refractivity contribution in [2.24, 2.45) is 0 Å². The van der Waals surface area contributed by atoms with Crippen molar-refractivity contribution < 1.29 is 31.0 Å². The van der Waals surface area contributed by atoms with Gasteiger partial charge < -0.3 is 1.43 Å². The van der Waals surface area contributed by atoms with E-state index in [9.17, 15) is 4.79 Å². The zero-order valence-corrected chi connectivity index (χ0v) is 6.46. The quantitative estimate of drug-likeness (QED) is 0.359. The fraction of sp³-hybridized carbons (Fsp3) is 0. The Labute approximate surface area is 69.2 Å². The van der Waals surface area contributed by atoms with E-state index in [1.165, 1.54) is 12.7 Å². The fourth-order valence-corrected chi connectivity index (χ4v) is 0.249. The molecule has 1 aromatic heterocycles. The molecule has 1 aromatic rings. The summed E-state index contributed by atoms with van der Waals surface area (Å²) in [5.74, 6) is 0. The molecule has 1 N–H and O–H groups in total. The van der Waals surface area contributed by atoms with E-state index in [0.29, 0.717) is 0 Å². The summed E-state index contributed by atoms with van der Waals surface area (Å²) in [6.45, 7) is 0. The molecule has 38 valence electrons. The van der Waals surface area contributed by atoms with Crippen LogP contribution in [0.15, 0.2) is 17.4 Å². The van der Waals surface area contributed by atoms with Gasteiger partial charge in [-0.05, 0) is 0 Å². The van der Waals surface area contributed by atoms with E-state index in [2.05, 4.69) is 15.0 Å². The molecule has 0 spiro atoms. The van der Waals surface area contributed by atoms with Crippen molar-refractivity contribution in [3.63, 3.8) is 0 Å². The van der Waals surface area contributed by atoms with Gasteiger partial charge in [0.1, 0.15) is 6.33 Å². The van der Waals surface area contributed by atoms with Gasteiger partial charge in [-0.2, -0.15) is 4.98 Å². The first-order chi connectivity index (χ1) is 3.39. The maximum absolute atomic E-state index is 10.1. The minimum atomic E-state index is -0.366. The molecule has 0 aliphatic rings. The summed E-state index contributed by atoms with van der Waals surface area (Å²) in [4.78, 5) is 19.1. The van der Waals surface area contributed by atoms with Crippen LogP contribution in [0.2, 0.25) is 0 Å². The molecule has 0 aliphatic carbocycles. The van der Waals surface area contributed by atoms with Crippen LogP contribution in [0, 0.1) is 0 Å². The fourth-order valence-electron chi connectivity index (χ4n) is 0.249. The van der Waals surface area contributed by atoms with Crippen molar-refractivity contribution in [2.45, 2.75) is 0 Å². The first-order valence-electron chi connectivity index (χ1n) is 1.74. The molecule has 0 radical (unpaired) electrons. The molecule has 0 atom stereocenters. The molecule has 0 aliphatic heterocycles. The number of rotatable bonds is 0. The maximum atomic E-state index is 10.1. The van der Waals surface area contributed by atoms with Crippen molar-refractivity contribution in [3.05, 3.63) is 23.1 Å². The largest absolute Gasteiger partial charge is 1.00 e. The molecule has 0 fully saturated rings. The number of aromatic amines is 1. The molecule has 8 heavy (non-hydrogen) atoms. The number of aromatic nitrogens is 3. The third-order valence-electron chi connectivity index (χ3n) is 0.504. The molecule has 0 bridgehead atoms. The van der Waals surface area contributed by atoms with Gasteiger partial charge in [0.05, 0.1) is 6.33 Å². The third kappa shape index (κ3) is 2.20. The van der Waals surface area contributed by atoms with Gasteiger partial charge in [0.15, 0.2) is 0 Å². The first kappa shape index (κ1) is 7.81. The Kier molecular flexibility index (Phi) is 3.68. The van der Waals surface area contributed by atoms with Crippen LogP contribution in [0.4, 0.5) is 0 Å². The second kappa shape index (κ2) is 3.77. The van der Waals surface area contributed by atoms with Gasteiger partial charge in [-0.3, -0.25) is 4.98 Å². The molecule has 0 unspecified atom stereocenters. The van der Waals surface area contributed by atoms with Crippen molar-refractivity contribution >= 4 is 0 Å². The zero-order chi connectivity index (χ0) is 5.11. The predicted octanol–water partition coefficient (Wildman–Crippen LogP) is -3.72. The SMILES string of the molecule is O=c1ncnc[nH]1.[H-].[Na+]. The van der Waals surface area contributed by atoms with Crippen molar-refractivity contribution in [2.75, 3.05) is 0 Å². The van der Waals surface area contributed by atoms with Gasteiger partial charge in [-0.1, -0.05) is 0 Å². The van der Waals surface area contributed by atoms with Crippen molar-refractivity contribution in [3.8, 4) is 0 Å². The number of H-pyrrole nitrogens is 1. The summed E-state index contributed by atoms with van der Waals surface area (Å²) in [7, 11) is 0. The summed E-state index contributed by atoms with van der Waals surface area (Å²) in [6, 6.07) is 0. The van der Waals surface area contributed by atoms with E-state index in [0.717, 1.165) is 0 Å². The Hall–Kier alpha value is -0.190. The van der Waals surface area contributed by atoms with Gasteiger partial charge in [0.25, 0.3) is 0 Å². The molecule has 0 saturated carbocycles. The Bertz CT molecular complexity index is 185.